The summed E-state index contributed by atoms with van der Waals surface area (Å²) in [5.41, 5.74) is 0. The highest BCUT2D eigenvalue weighted by atomic mass is 19.3. The third-order valence-electron chi connectivity index (χ3n) is 4.99. The van der Waals surface area contributed by atoms with Crippen LogP contribution in [0.15, 0.2) is 36.1 Å². The van der Waals surface area contributed by atoms with Crippen LogP contribution >= 0.6 is 0 Å². The molecule has 0 atom stereocenters. The summed E-state index contributed by atoms with van der Waals surface area (Å²) in [6, 6.07) is 0. The number of hydrogen-bond acceptors (Lipinski definition) is 4. The van der Waals surface area contributed by atoms with Crippen LogP contribution in [0.4, 0.5) is 22.0 Å². The van der Waals surface area contributed by atoms with Gasteiger partial charge in [-0.25, -0.2) is 13.2 Å². The fourth-order valence-corrected chi connectivity index (χ4v) is 3.48. The Hall–Kier alpha value is -1.45. The Morgan fingerprint density at radius 1 is 1.14 bits per heavy atom. The quantitative estimate of drug-likeness (QED) is 0.282. The Morgan fingerprint density at radius 2 is 1.76 bits per heavy atom. The van der Waals surface area contributed by atoms with Crippen LogP contribution in [0, 0.1) is 11.8 Å². The Balaban J connectivity index is 1.89. The van der Waals surface area contributed by atoms with Crippen LogP contribution in [0.3, 0.4) is 0 Å². The van der Waals surface area contributed by atoms with Crippen LogP contribution in [0.2, 0.25) is 0 Å². The zero-order chi connectivity index (χ0) is 21.4. The predicted molar refractivity (Wildman–Crippen MR) is 96.1 cm³/mol. The summed E-state index contributed by atoms with van der Waals surface area (Å²) >= 11 is 0. The fourth-order valence-electron chi connectivity index (χ4n) is 3.48. The van der Waals surface area contributed by atoms with Gasteiger partial charge in [0, 0.05) is 18.6 Å². The van der Waals surface area contributed by atoms with Crippen molar-refractivity contribution < 1.29 is 40.9 Å². The monoisotopic (exact) mass is 426 g/mol. The molecular weight excluding hydrogens is 399 g/mol. The molecule has 0 bridgehead atoms. The lowest BCUT2D eigenvalue weighted by Crippen LogP contribution is -2.43. The molecule has 2 fully saturated rings. The number of ether oxygens (including phenoxy) is 4. The van der Waals surface area contributed by atoms with Crippen molar-refractivity contribution in [1.29, 1.82) is 0 Å². The SMILES string of the molecule is C=C(F)/C(F)=C\C(=C/CF)OC(F)(F)C1CCC(C2OCC(OCC)CO2)CC1. The summed E-state index contributed by atoms with van der Waals surface area (Å²) in [5, 5.41) is 0. The zero-order valence-corrected chi connectivity index (χ0v) is 16.4. The first-order chi connectivity index (χ1) is 13.8. The van der Waals surface area contributed by atoms with E-state index in [1.165, 1.54) is 0 Å². The highest BCUT2D eigenvalue weighted by molar-refractivity contribution is 5.25. The molecule has 0 aromatic rings. The third-order valence-corrected chi connectivity index (χ3v) is 4.99. The number of halogens is 5. The van der Waals surface area contributed by atoms with Crippen LogP contribution in [0.1, 0.15) is 32.6 Å². The predicted octanol–water partition coefficient (Wildman–Crippen LogP) is 5.37. The van der Waals surface area contributed by atoms with Gasteiger partial charge in [-0.3, -0.25) is 0 Å². The molecule has 9 heteroatoms. The molecule has 0 amide bonds. The summed E-state index contributed by atoms with van der Waals surface area (Å²) in [6.07, 6.45) is -2.16. The summed E-state index contributed by atoms with van der Waals surface area (Å²) < 4.78 is 88.9. The molecular formula is C20H27F5O4. The van der Waals surface area contributed by atoms with E-state index in [4.69, 9.17) is 14.2 Å². The van der Waals surface area contributed by atoms with Gasteiger partial charge in [0.2, 0.25) is 0 Å². The summed E-state index contributed by atoms with van der Waals surface area (Å²) in [7, 11) is 0. The van der Waals surface area contributed by atoms with Crippen molar-refractivity contribution in [2.24, 2.45) is 11.8 Å². The number of hydrogen-bond donors (Lipinski definition) is 0. The van der Waals surface area contributed by atoms with E-state index in [1.807, 2.05) is 6.92 Å². The molecule has 1 aliphatic carbocycles. The lowest BCUT2D eigenvalue weighted by atomic mass is 9.81. The number of alkyl halides is 3. The summed E-state index contributed by atoms with van der Waals surface area (Å²) in [6.45, 7) is 4.77. The highest BCUT2D eigenvalue weighted by Gasteiger charge is 2.45. The molecule has 2 aliphatic rings. The largest absolute Gasteiger partial charge is 0.433 e. The van der Waals surface area contributed by atoms with E-state index in [2.05, 4.69) is 11.3 Å². The van der Waals surface area contributed by atoms with Crippen molar-refractivity contribution in [1.82, 2.24) is 0 Å². The second-order valence-corrected chi connectivity index (χ2v) is 7.05. The molecule has 1 saturated carbocycles. The minimum atomic E-state index is -3.66. The van der Waals surface area contributed by atoms with E-state index < -0.39 is 42.4 Å². The van der Waals surface area contributed by atoms with Crippen LogP contribution in [0.25, 0.3) is 0 Å². The Bertz CT molecular complexity index is 592. The van der Waals surface area contributed by atoms with Gasteiger partial charge in [-0.2, -0.15) is 8.78 Å². The fraction of sp³-hybridized carbons (Fsp3) is 0.700. The Labute approximate surface area is 167 Å². The Morgan fingerprint density at radius 3 is 2.28 bits per heavy atom. The summed E-state index contributed by atoms with van der Waals surface area (Å²) in [4.78, 5) is 0. The molecule has 2 rings (SSSR count). The van der Waals surface area contributed by atoms with Gasteiger partial charge in [-0.1, -0.05) is 6.58 Å². The molecule has 1 saturated heterocycles. The number of rotatable bonds is 9. The van der Waals surface area contributed by atoms with Crippen molar-refractivity contribution in [3.05, 3.63) is 36.1 Å². The number of allylic oxidation sites excluding steroid dienone is 4. The Kier molecular flexibility index (Phi) is 9.10. The molecule has 0 aromatic carbocycles. The van der Waals surface area contributed by atoms with Crippen molar-refractivity contribution in [2.75, 3.05) is 26.5 Å². The normalized spacial score (nSPS) is 29.6. The smallest absolute Gasteiger partial charge is 0.400 e. The van der Waals surface area contributed by atoms with Crippen LogP contribution in [0.5, 0.6) is 0 Å². The van der Waals surface area contributed by atoms with Crippen molar-refractivity contribution in [3.8, 4) is 0 Å². The van der Waals surface area contributed by atoms with Gasteiger partial charge in [-0.15, -0.1) is 0 Å². The maximum atomic E-state index is 14.5. The van der Waals surface area contributed by atoms with E-state index in [9.17, 15) is 22.0 Å². The molecule has 0 spiro atoms. The van der Waals surface area contributed by atoms with Crippen LogP contribution < -0.4 is 0 Å². The van der Waals surface area contributed by atoms with E-state index in [-0.39, 0.29) is 24.9 Å². The first-order valence-electron chi connectivity index (χ1n) is 9.66. The van der Waals surface area contributed by atoms with E-state index in [1.54, 1.807) is 0 Å². The molecule has 1 heterocycles. The van der Waals surface area contributed by atoms with E-state index in [0.717, 1.165) is 0 Å². The lowest BCUT2D eigenvalue weighted by Gasteiger charge is -2.38. The second-order valence-electron chi connectivity index (χ2n) is 7.05. The molecule has 29 heavy (non-hydrogen) atoms. The van der Waals surface area contributed by atoms with Gasteiger partial charge in [0.25, 0.3) is 0 Å². The topological polar surface area (TPSA) is 36.9 Å². The molecule has 0 radical (unpaired) electrons. The highest BCUT2D eigenvalue weighted by Crippen LogP contribution is 2.42. The third kappa shape index (κ3) is 7.08. The van der Waals surface area contributed by atoms with Gasteiger partial charge in [0.05, 0.1) is 19.1 Å². The van der Waals surface area contributed by atoms with Crippen LogP contribution in [-0.4, -0.2) is 45.0 Å². The lowest BCUT2D eigenvalue weighted by molar-refractivity contribution is -0.270. The van der Waals surface area contributed by atoms with Gasteiger partial charge in [0.15, 0.2) is 17.9 Å². The van der Waals surface area contributed by atoms with Crippen molar-refractivity contribution in [3.63, 3.8) is 0 Å². The zero-order valence-electron chi connectivity index (χ0n) is 16.4. The van der Waals surface area contributed by atoms with Crippen molar-refractivity contribution >= 4 is 0 Å². The molecule has 4 nitrogen and oxygen atoms in total. The molecule has 1 aliphatic heterocycles. The molecule has 0 unspecified atom stereocenters. The average Bonchev–Trinajstić information content (AvgIpc) is 2.69. The maximum absolute atomic E-state index is 14.5. The molecule has 166 valence electrons. The molecule has 0 N–H and O–H groups in total. The van der Waals surface area contributed by atoms with E-state index in [0.29, 0.717) is 44.8 Å². The first-order valence-corrected chi connectivity index (χ1v) is 9.66. The first kappa shape index (κ1) is 23.8. The van der Waals surface area contributed by atoms with Gasteiger partial charge in [-0.05, 0) is 38.7 Å². The minimum Gasteiger partial charge on any atom is -0.433 e. The standard InChI is InChI=1S/C20H27F5O4/c1-3-26-17-11-27-19(28-12-17)14-4-6-15(7-5-14)20(24,25)29-16(8-9-21)10-18(23)13(2)22/h8,10,14-15,17,19H,2-7,9,11-12H2,1H3/b16-8+,18-10+. The van der Waals surface area contributed by atoms with Gasteiger partial charge in [0.1, 0.15) is 18.5 Å². The van der Waals surface area contributed by atoms with Gasteiger partial charge < -0.3 is 18.9 Å². The van der Waals surface area contributed by atoms with Crippen LogP contribution in [-0.2, 0) is 18.9 Å². The molecule has 0 aromatic heterocycles. The van der Waals surface area contributed by atoms with E-state index >= 15 is 0 Å². The van der Waals surface area contributed by atoms with Gasteiger partial charge >= 0.3 is 6.11 Å². The second kappa shape index (κ2) is 11.1. The minimum absolute atomic E-state index is 0.0299. The maximum Gasteiger partial charge on any atom is 0.400 e. The average molecular weight is 426 g/mol. The summed E-state index contributed by atoms with van der Waals surface area (Å²) in [5.74, 6) is -4.91. The van der Waals surface area contributed by atoms with Crippen molar-refractivity contribution in [2.45, 2.75) is 51.1 Å².